The molecule has 2 aromatic carbocycles. The number of allylic oxidation sites excluding steroid dienone is 1. The van der Waals surface area contributed by atoms with Gasteiger partial charge in [-0.1, -0.05) is 6.07 Å². The third-order valence-electron chi connectivity index (χ3n) is 4.01. The Morgan fingerprint density at radius 3 is 2.52 bits per heavy atom. The number of rotatable bonds is 6. The number of carbonyl (C=O) groups is 2. The molecule has 0 aliphatic carbocycles. The molecule has 27 heavy (non-hydrogen) atoms. The number of aliphatic carboxylic acids is 1. The zero-order valence-electron chi connectivity index (χ0n) is 15.0. The van der Waals surface area contributed by atoms with Crippen molar-refractivity contribution in [3.63, 3.8) is 0 Å². The fourth-order valence-corrected chi connectivity index (χ4v) is 2.59. The Morgan fingerprint density at radius 1 is 1.11 bits per heavy atom. The summed E-state index contributed by atoms with van der Waals surface area (Å²) < 4.78 is 21.4. The first kappa shape index (κ1) is 18.3. The fraction of sp³-hybridized carbons (Fsp3) is 0.200. The van der Waals surface area contributed by atoms with Gasteiger partial charge in [-0.2, -0.15) is 0 Å². The smallest absolute Gasteiger partial charge is 0.344 e. The average molecular weight is 370 g/mol. The molecule has 1 aliphatic heterocycles. The van der Waals surface area contributed by atoms with Crippen molar-refractivity contribution in [2.75, 3.05) is 14.2 Å². The average Bonchev–Trinajstić information content (AvgIpc) is 2.96. The van der Waals surface area contributed by atoms with Gasteiger partial charge in [0.05, 0.1) is 19.8 Å². The van der Waals surface area contributed by atoms with Crippen LogP contribution in [0.15, 0.2) is 42.2 Å². The minimum absolute atomic E-state index is 0.153. The molecule has 7 nitrogen and oxygen atoms in total. The Labute approximate surface area is 155 Å². The maximum absolute atomic E-state index is 12.5. The molecular weight excluding hydrogens is 352 g/mol. The molecule has 1 aliphatic rings. The van der Waals surface area contributed by atoms with Crippen molar-refractivity contribution in [2.45, 2.75) is 13.0 Å². The van der Waals surface area contributed by atoms with E-state index in [-0.39, 0.29) is 11.5 Å². The molecule has 0 aromatic heterocycles. The van der Waals surface area contributed by atoms with Gasteiger partial charge in [-0.3, -0.25) is 4.79 Å². The number of benzene rings is 2. The second-order valence-electron chi connectivity index (χ2n) is 5.81. The van der Waals surface area contributed by atoms with Gasteiger partial charge < -0.3 is 24.1 Å². The minimum Gasteiger partial charge on any atom is -0.493 e. The number of carboxylic acids is 1. The van der Waals surface area contributed by atoms with Crippen LogP contribution in [0.1, 0.15) is 22.8 Å². The van der Waals surface area contributed by atoms with Crippen molar-refractivity contribution in [3.8, 4) is 23.0 Å². The topological polar surface area (TPSA) is 91.3 Å². The number of hydrogen-bond donors (Lipinski definition) is 1. The minimum atomic E-state index is -1.08. The fourth-order valence-electron chi connectivity index (χ4n) is 2.59. The van der Waals surface area contributed by atoms with E-state index in [2.05, 4.69) is 0 Å². The summed E-state index contributed by atoms with van der Waals surface area (Å²) in [6.45, 7) is 1.42. The van der Waals surface area contributed by atoms with Gasteiger partial charge in [0, 0.05) is 6.07 Å². The second-order valence-corrected chi connectivity index (χ2v) is 5.81. The lowest BCUT2D eigenvalue weighted by Gasteiger charge is -2.10. The van der Waals surface area contributed by atoms with Crippen LogP contribution in [0.2, 0.25) is 0 Å². The number of ether oxygens (including phenoxy) is 4. The number of methoxy groups -OCH3 is 2. The lowest BCUT2D eigenvalue weighted by Crippen LogP contribution is -2.22. The lowest BCUT2D eigenvalue weighted by molar-refractivity contribution is -0.144. The molecule has 0 radical (unpaired) electrons. The summed E-state index contributed by atoms with van der Waals surface area (Å²) in [7, 11) is 3.07. The Morgan fingerprint density at radius 2 is 1.85 bits per heavy atom. The molecule has 0 amide bonds. The SMILES string of the molecule is COc1ccc(C=C2Oc3cc(O[C@@H](C)C(=O)O)ccc3C2=O)cc1OC. The van der Waals surface area contributed by atoms with Crippen LogP contribution in [0, 0.1) is 0 Å². The van der Waals surface area contributed by atoms with E-state index in [0.717, 1.165) is 0 Å². The first-order valence-corrected chi connectivity index (χ1v) is 8.12. The normalized spacial score (nSPS) is 15.1. The molecule has 0 saturated heterocycles. The molecule has 0 fully saturated rings. The molecule has 1 N–H and O–H groups in total. The van der Waals surface area contributed by atoms with Crippen LogP contribution in [0.4, 0.5) is 0 Å². The number of hydrogen-bond acceptors (Lipinski definition) is 6. The van der Waals surface area contributed by atoms with E-state index in [1.165, 1.54) is 20.1 Å². The van der Waals surface area contributed by atoms with Crippen LogP contribution >= 0.6 is 0 Å². The van der Waals surface area contributed by atoms with Crippen LogP contribution in [-0.2, 0) is 4.79 Å². The highest BCUT2D eigenvalue weighted by Gasteiger charge is 2.28. The van der Waals surface area contributed by atoms with Crippen LogP contribution in [-0.4, -0.2) is 37.2 Å². The third-order valence-corrected chi connectivity index (χ3v) is 4.01. The standard InChI is InChI=1S/C20H18O7/c1-11(20(22)23)26-13-5-6-14-16(10-13)27-18(19(14)21)9-12-4-7-15(24-2)17(8-12)25-3/h4-11H,1-3H3,(H,22,23)/t11-/m0/s1. The summed E-state index contributed by atoms with van der Waals surface area (Å²) in [5.74, 6) is 0.550. The molecule has 2 aromatic rings. The van der Waals surface area contributed by atoms with E-state index in [1.54, 1.807) is 43.5 Å². The molecular formula is C20H18O7. The van der Waals surface area contributed by atoms with Gasteiger partial charge in [-0.05, 0) is 42.8 Å². The summed E-state index contributed by atoms with van der Waals surface area (Å²) >= 11 is 0. The van der Waals surface area contributed by atoms with Gasteiger partial charge in [0.25, 0.3) is 0 Å². The summed E-state index contributed by atoms with van der Waals surface area (Å²) in [6, 6.07) is 9.83. The highest BCUT2D eigenvalue weighted by atomic mass is 16.5. The van der Waals surface area contributed by atoms with Crippen LogP contribution in [0.3, 0.4) is 0 Å². The Hall–Kier alpha value is -3.48. The van der Waals surface area contributed by atoms with Crippen molar-refractivity contribution in [2.24, 2.45) is 0 Å². The highest BCUT2D eigenvalue weighted by Crippen LogP contribution is 2.36. The molecule has 0 bridgehead atoms. The summed E-state index contributed by atoms with van der Waals surface area (Å²) in [5, 5.41) is 8.93. The maximum Gasteiger partial charge on any atom is 0.344 e. The monoisotopic (exact) mass is 370 g/mol. The maximum atomic E-state index is 12.5. The summed E-state index contributed by atoms with van der Waals surface area (Å²) in [5.41, 5.74) is 1.09. The van der Waals surface area contributed by atoms with Crippen molar-refractivity contribution in [1.29, 1.82) is 0 Å². The second kappa shape index (κ2) is 7.41. The predicted octanol–water partition coefficient (Wildman–Crippen LogP) is 3.17. The largest absolute Gasteiger partial charge is 0.493 e. The highest BCUT2D eigenvalue weighted by molar-refractivity contribution is 6.14. The van der Waals surface area contributed by atoms with Gasteiger partial charge in [-0.15, -0.1) is 0 Å². The molecule has 0 spiro atoms. The number of fused-ring (bicyclic) bond motifs is 1. The molecule has 1 heterocycles. The number of ketones is 1. The molecule has 7 heteroatoms. The van der Waals surface area contributed by atoms with E-state index < -0.39 is 12.1 Å². The molecule has 140 valence electrons. The van der Waals surface area contributed by atoms with E-state index in [1.807, 2.05) is 0 Å². The van der Waals surface area contributed by atoms with Gasteiger partial charge in [0.2, 0.25) is 5.78 Å². The Bertz CT molecular complexity index is 930. The lowest BCUT2D eigenvalue weighted by atomic mass is 10.1. The van der Waals surface area contributed by atoms with E-state index in [0.29, 0.717) is 34.1 Å². The Balaban J connectivity index is 1.86. The molecule has 1 atom stereocenters. The first-order chi connectivity index (χ1) is 12.9. The van der Waals surface area contributed by atoms with Crippen molar-refractivity contribution < 1.29 is 33.6 Å². The van der Waals surface area contributed by atoms with Gasteiger partial charge in [0.1, 0.15) is 11.5 Å². The Kier molecular flexibility index (Phi) is 5.03. The molecule has 0 unspecified atom stereocenters. The first-order valence-electron chi connectivity index (χ1n) is 8.12. The third kappa shape index (κ3) is 3.72. The van der Waals surface area contributed by atoms with Gasteiger partial charge >= 0.3 is 5.97 Å². The predicted molar refractivity (Wildman–Crippen MR) is 96.6 cm³/mol. The van der Waals surface area contributed by atoms with Crippen LogP contribution in [0.5, 0.6) is 23.0 Å². The van der Waals surface area contributed by atoms with Crippen LogP contribution < -0.4 is 18.9 Å². The molecule has 3 rings (SSSR count). The number of Topliss-reactive ketones (excluding diaryl/α,β-unsaturated/α-hetero) is 1. The van der Waals surface area contributed by atoms with Crippen LogP contribution in [0.25, 0.3) is 6.08 Å². The number of carbonyl (C=O) groups excluding carboxylic acids is 1. The quantitative estimate of drug-likeness (QED) is 0.781. The number of carboxylic acid groups (broad SMARTS) is 1. The van der Waals surface area contributed by atoms with Gasteiger partial charge in [-0.25, -0.2) is 4.79 Å². The van der Waals surface area contributed by atoms with Crippen molar-refractivity contribution >= 4 is 17.8 Å². The zero-order chi connectivity index (χ0) is 19.6. The zero-order valence-corrected chi connectivity index (χ0v) is 15.0. The van der Waals surface area contributed by atoms with Crippen molar-refractivity contribution in [3.05, 3.63) is 53.3 Å². The molecule has 0 saturated carbocycles. The van der Waals surface area contributed by atoms with E-state index >= 15 is 0 Å². The van der Waals surface area contributed by atoms with E-state index in [9.17, 15) is 9.59 Å². The van der Waals surface area contributed by atoms with Crippen molar-refractivity contribution in [1.82, 2.24) is 0 Å². The van der Waals surface area contributed by atoms with Gasteiger partial charge in [0.15, 0.2) is 23.4 Å². The van der Waals surface area contributed by atoms with E-state index in [4.69, 9.17) is 24.1 Å². The summed E-state index contributed by atoms with van der Waals surface area (Å²) in [4.78, 5) is 23.4. The summed E-state index contributed by atoms with van der Waals surface area (Å²) in [6.07, 6.45) is 0.590.